The van der Waals surface area contributed by atoms with E-state index in [-0.39, 0.29) is 5.82 Å². The van der Waals surface area contributed by atoms with Crippen LogP contribution in [0.1, 0.15) is 0 Å². The lowest BCUT2D eigenvalue weighted by Crippen LogP contribution is -1.93. The summed E-state index contributed by atoms with van der Waals surface area (Å²) < 4.78 is 19.9. The van der Waals surface area contributed by atoms with Crippen molar-refractivity contribution in [3.63, 3.8) is 0 Å². The molecule has 0 aliphatic carbocycles. The highest BCUT2D eigenvalue weighted by Gasteiger charge is 2.09. The topological polar surface area (TPSA) is 61.3 Å². The fourth-order valence-electron chi connectivity index (χ4n) is 2.19. The maximum absolute atomic E-state index is 14.3. The zero-order chi connectivity index (χ0) is 15.5. The molecule has 0 bridgehead atoms. The number of nitrogens with two attached hydrogens (primary N) is 2. The Balaban J connectivity index is 1.89. The minimum absolute atomic E-state index is 0.383. The Kier molecular flexibility index (Phi) is 3.66. The lowest BCUT2D eigenvalue weighted by atomic mass is 10.0. The van der Waals surface area contributed by atoms with Crippen molar-refractivity contribution in [1.82, 2.24) is 0 Å². The third-order valence-corrected chi connectivity index (χ3v) is 3.31. The van der Waals surface area contributed by atoms with Gasteiger partial charge in [-0.15, -0.1) is 0 Å². The van der Waals surface area contributed by atoms with E-state index in [1.54, 1.807) is 48.5 Å². The molecule has 22 heavy (non-hydrogen) atoms. The van der Waals surface area contributed by atoms with Crippen molar-refractivity contribution >= 4 is 11.4 Å². The molecular weight excluding hydrogens is 279 g/mol. The first-order valence-electron chi connectivity index (χ1n) is 6.81. The van der Waals surface area contributed by atoms with E-state index in [4.69, 9.17) is 16.2 Å². The van der Waals surface area contributed by atoms with Crippen LogP contribution in [0.5, 0.6) is 11.5 Å². The van der Waals surface area contributed by atoms with E-state index in [9.17, 15) is 4.39 Å². The van der Waals surface area contributed by atoms with Gasteiger partial charge in [-0.1, -0.05) is 18.2 Å². The molecule has 0 saturated carbocycles. The molecule has 0 aliphatic rings. The Morgan fingerprint density at radius 2 is 1.41 bits per heavy atom. The Morgan fingerprint density at radius 1 is 0.727 bits per heavy atom. The average Bonchev–Trinajstić information content (AvgIpc) is 2.51. The zero-order valence-electron chi connectivity index (χ0n) is 11.8. The lowest BCUT2D eigenvalue weighted by Gasteiger charge is -2.10. The van der Waals surface area contributed by atoms with Crippen LogP contribution in [0.2, 0.25) is 0 Å². The molecule has 3 aromatic rings. The normalized spacial score (nSPS) is 10.4. The Hall–Kier alpha value is -3.01. The first-order chi connectivity index (χ1) is 10.6. The Bertz CT molecular complexity index is 800. The maximum Gasteiger partial charge on any atom is 0.134 e. The summed E-state index contributed by atoms with van der Waals surface area (Å²) in [6, 6.07) is 18.8. The molecule has 3 rings (SSSR count). The summed E-state index contributed by atoms with van der Waals surface area (Å²) >= 11 is 0. The second-order valence-corrected chi connectivity index (χ2v) is 4.90. The van der Waals surface area contributed by atoms with Gasteiger partial charge in [-0.25, -0.2) is 4.39 Å². The maximum atomic E-state index is 14.3. The van der Waals surface area contributed by atoms with E-state index >= 15 is 0 Å². The molecule has 0 radical (unpaired) electrons. The van der Waals surface area contributed by atoms with Crippen LogP contribution in [0, 0.1) is 5.82 Å². The van der Waals surface area contributed by atoms with Crippen molar-refractivity contribution in [3.8, 4) is 22.6 Å². The molecule has 3 nitrogen and oxygen atoms in total. The van der Waals surface area contributed by atoms with Gasteiger partial charge < -0.3 is 16.2 Å². The van der Waals surface area contributed by atoms with Gasteiger partial charge in [0.1, 0.15) is 17.3 Å². The van der Waals surface area contributed by atoms with E-state index < -0.39 is 0 Å². The Labute approximate surface area is 128 Å². The molecular formula is C18H15FN2O. The molecule has 0 atom stereocenters. The van der Waals surface area contributed by atoms with Gasteiger partial charge in [0, 0.05) is 28.6 Å². The van der Waals surface area contributed by atoms with E-state index in [0.717, 1.165) is 0 Å². The smallest absolute Gasteiger partial charge is 0.134 e. The number of nitrogen functional groups attached to an aromatic ring is 2. The summed E-state index contributed by atoms with van der Waals surface area (Å²) in [6.07, 6.45) is 0. The van der Waals surface area contributed by atoms with Crippen LogP contribution in [-0.4, -0.2) is 0 Å². The number of hydrogen-bond acceptors (Lipinski definition) is 3. The third kappa shape index (κ3) is 2.86. The number of ether oxygens (including phenoxy) is 1. The standard InChI is InChI=1S/C18H15FN2O/c19-17-11-14(22-13-7-5-12(20)6-8-13)9-10-15(17)16-3-1-2-4-18(16)21/h1-11H,20-21H2. The zero-order valence-corrected chi connectivity index (χ0v) is 11.8. The monoisotopic (exact) mass is 294 g/mol. The fourth-order valence-corrected chi connectivity index (χ4v) is 2.19. The SMILES string of the molecule is Nc1ccc(Oc2ccc(-c3ccccc3N)c(F)c2)cc1. The van der Waals surface area contributed by atoms with Crippen LogP contribution in [0.3, 0.4) is 0 Å². The number of hydrogen-bond donors (Lipinski definition) is 2. The summed E-state index contributed by atoms with van der Waals surface area (Å²) in [7, 11) is 0. The van der Waals surface area contributed by atoms with E-state index in [1.807, 2.05) is 12.1 Å². The summed E-state index contributed by atoms with van der Waals surface area (Å²) in [6.45, 7) is 0. The largest absolute Gasteiger partial charge is 0.457 e. The molecule has 4 heteroatoms. The molecule has 0 amide bonds. The highest BCUT2D eigenvalue weighted by molar-refractivity contribution is 5.76. The van der Waals surface area contributed by atoms with Crippen molar-refractivity contribution < 1.29 is 9.13 Å². The number of benzene rings is 3. The summed E-state index contributed by atoms with van der Waals surface area (Å²) in [5, 5.41) is 0. The van der Waals surface area contributed by atoms with Crippen molar-refractivity contribution in [1.29, 1.82) is 0 Å². The van der Waals surface area contributed by atoms with Gasteiger partial charge in [0.25, 0.3) is 0 Å². The molecule has 0 spiro atoms. The van der Waals surface area contributed by atoms with Crippen LogP contribution in [0.15, 0.2) is 66.7 Å². The predicted molar refractivity (Wildman–Crippen MR) is 87.2 cm³/mol. The van der Waals surface area contributed by atoms with Gasteiger partial charge >= 0.3 is 0 Å². The van der Waals surface area contributed by atoms with Crippen LogP contribution >= 0.6 is 0 Å². The quantitative estimate of drug-likeness (QED) is 0.701. The molecule has 4 N–H and O–H groups in total. The second kappa shape index (κ2) is 5.77. The molecule has 0 heterocycles. The molecule has 3 aromatic carbocycles. The third-order valence-electron chi connectivity index (χ3n) is 3.31. The summed E-state index contributed by atoms with van der Waals surface area (Å²) in [5.41, 5.74) is 13.8. The fraction of sp³-hybridized carbons (Fsp3) is 0. The van der Waals surface area contributed by atoms with Crippen molar-refractivity contribution in [3.05, 3.63) is 72.5 Å². The van der Waals surface area contributed by atoms with Crippen molar-refractivity contribution in [2.24, 2.45) is 0 Å². The number of para-hydroxylation sites is 1. The molecule has 0 aliphatic heterocycles. The number of rotatable bonds is 3. The molecule has 0 unspecified atom stereocenters. The summed E-state index contributed by atoms with van der Waals surface area (Å²) in [4.78, 5) is 0. The number of halogens is 1. The summed E-state index contributed by atoms with van der Waals surface area (Å²) in [5.74, 6) is 0.631. The highest BCUT2D eigenvalue weighted by Crippen LogP contribution is 2.31. The van der Waals surface area contributed by atoms with Gasteiger partial charge in [-0.2, -0.15) is 0 Å². The van der Waals surface area contributed by atoms with E-state index in [2.05, 4.69) is 0 Å². The Morgan fingerprint density at radius 3 is 2.09 bits per heavy atom. The first kappa shape index (κ1) is 13.9. The van der Waals surface area contributed by atoms with Gasteiger partial charge in [0.15, 0.2) is 0 Å². The average molecular weight is 294 g/mol. The van der Waals surface area contributed by atoms with Crippen LogP contribution < -0.4 is 16.2 Å². The van der Waals surface area contributed by atoms with Gasteiger partial charge in [-0.05, 0) is 42.5 Å². The predicted octanol–water partition coefficient (Wildman–Crippen LogP) is 4.45. The minimum atomic E-state index is -0.383. The van der Waals surface area contributed by atoms with Crippen LogP contribution in [-0.2, 0) is 0 Å². The highest BCUT2D eigenvalue weighted by atomic mass is 19.1. The molecule has 0 saturated heterocycles. The van der Waals surface area contributed by atoms with Crippen LogP contribution in [0.25, 0.3) is 11.1 Å². The van der Waals surface area contributed by atoms with Gasteiger partial charge in [0.05, 0.1) is 0 Å². The van der Waals surface area contributed by atoms with Crippen molar-refractivity contribution in [2.75, 3.05) is 11.5 Å². The van der Waals surface area contributed by atoms with Gasteiger partial charge in [0.2, 0.25) is 0 Å². The molecule has 0 aromatic heterocycles. The minimum Gasteiger partial charge on any atom is -0.457 e. The van der Waals surface area contributed by atoms with Gasteiger partial charge in [-0.3, -0.25) is 0 Å². The van der Waals surface area contributed by atoms with Crippen LogP contribution in [0.4, 0.5) is 15.8 Å². The number of anilines is 2. The van der Waals surface area contributed by atoms with E-state index in [1.165, 1.54) is 6.07 Å². The lowest BCUT2D eigenvalue weighted by molar-refractivity contribution is 0.477. The second-order valence-electron chi connectivity index (χ2n) is 4.90. The van der Waals surface area contributed by atoms with E-state index in [0.29, 0.717) is 34.0 Å². The van der Waals surface area contributed by atoms with Crippen molar-refractivity contribution in [2.45, 2.75) is 0 Å². The molecule has 110 valence electrons. The first-order valence-corrected chi connectivity index (χ1v) is 6.81. The molecule has 0 fully saturated rings.